The lowest BCUT2D eigenvalue weighted by atomic mass is 9.98. The van der Waals surface area contributed by atoms with Gasteiger partial charge < -0.3 is 15.1 Å². The molecule has 0 spiro atoms. The number of hydrogen-bond donors (Lipinski definition) is 1. The summed E-state index contributed by atoms with van der Waals surface area (Å²) in [5.74, 6) is 0.274. The Labute approximate surface area is 105 Å². The van der Waals surface area contributed by atoms with Gasteiger partial charge >= 0.3 is 0 Å². The molecule has 0 aromatic rings. The maximum absolute atomic E-state index is 12.4. The Morgan fingerprint density at radius 3 is 2.53 bits per heavy atom. The molecule has 1 aliphatic heterocycles. The number of rotatable bonds is 6. The van der Waals surface area contributed by atoms with Crippen molar-refractivity contribution in [3.05, 3.63) is 0 Å². The zero-order chi connectivity index (χ0) is 12.9. The first-order chi connectivity index (χ1) is 7.99. The van der Waals surface area contributed by atoms with Gasteiger partial charge in [-0.05, 0) is 60.3 Å². The van der Waals surface area contributed by atoms with Crippen LogP contribution in [0.2, 0.25) is 0 Å². The maximum Gasteiger partial charge on any atom is 0.242 e. The van der Waals surface area contributed by atoms with Crippen LogP contribution in [0.25, 0.3) is 0 Å². The predicted octanol–water partition coefficient (Wildman–Crippen LogP) is 0.929. The van der Waals surface area contributed by atoms with Crippen LogP contribution in [0.1, 0.15) is 33.1 Å². The standard InChI is InChI=1S/C13H27N3O/c1-5-16(11-7-10-15(3)4)12(17)13(2)8-6-9-14-13/h14H,5-11H2,1-4H3. The number of likely N-dealkylation sites (N-methyl/N-ethyl adjacent to an activating group) is 1. The van der Waals surface area contributed by atoms with Gasteiger partial charge in [0, 0.05) is 13.1 Å². The van der Waals surface area contributed by atoms with E-state index in [-0.39, 0.29) is 11.4 Å². The number of carbonyl (C=O) groups is 1. The molecular formula is C13H27N3O. The summed E-state index contributed by atoms with van der Waals surface area (Å²) in [4.78, 5) is 16.6. The monoisotopic (exact) mass is 241 g/mol. The van der Waals surface area contributed by atoms with Gasteiger partial charge in [0.05, 0.1) is 5.54 Å². The number of nitrogens with one attached hydrogen (secondary N) is 1. The molecule has 1 fully saturated rings. The average molecular weight is 241 g/mol. The van der Waals surface area contributed by atoms with Crippen molar-refractivity contribution in [3.8, 4) is 0 Å². The quantitative estimate of drug-likeness (QED) is 0.751. The van der Waals surface area contributed by atoms with Gasteiger partial charge in [-0.2, -0.15) is 0 Å². The van der Waals surface area contributed by atoms with Crippen molar-refractivity contribution in [1.29, 1.82) is 0 Å². The molecule has 1 aliphatic rings. The first-order valence-electron chi connectivity index (χ1n) is 6.69. The second kappa shape index (κ2) is 6.36. The van der Waals surface area contributed by atoms with Crippen LogP contribution in [-0.2, 0) is 4.79 Å². The van der Waals surface area contributed by atoms with E-state index in [0.717, 1.165) is 45.4 Å². The number of hydrogen-bond acceptors (Lipinski definition) is 3. The molecule has 0 radical (unpaired) electrons. The van der Waals surface area contributed by atoms with Gasteiger partial charge in [0.25, 0.3) is 0 Å². The van der Waals surface area contributed by atoms with Crippen LogP contribution in [0.3, 0.4) is 0 Å². The van der Waals surface area contributed by atoms with Gasteiger partial charge in [-0.1, -0.05) is 0 Å². The van der Waals surface area contributed by atoms with Crippen molar-refractivity contribution in [3.63, 3.8) is 0 Å². The topological polar surface area (TPSA) is 35.6 Å². The molecule has 1 rings (SSSR count). The second-order valence-electron chi connectivity index (χ2n) is 5.40. The average Bonchev–Trinajstić information content (AvgIpc) is 2.72. The molecule has 1 N–H and O–H groups in total. The highest BCUT2D eigenvalue weighted by Gasteiger charge is 2.38. The van der Waals surface area contributed by atoms with Crippen molar-refractivity contribution >= 4 is 5.91 Å². The third-order valence-electron chi connectivity index (χ3n) is 3.54. The Morgan fingerprint density at radius 2 is 2.06 bits per heavy atom. The molecule has 1 saturated heterocycles. The fraction of sp³-hybridized carbons (Fsp3) is 0.923. The molecule has 0 aliphatic carbocycles. The van der Waals surface area contributed by atoms with E-state index in [1.165, 1.54) is 0 Å². The number of carbonyl (C=O) groups excluding carboxylic acids is 1. The zero-order valence-electron chi connectivity index (χ0n) is 11.8. The summed E-state index contributed by atoms with van der Waals surface area (Å²) in [7, 11) is 4.13. The highest BCUT2D eigenvalue weighted by Crippen LogP contribution is 2.21. The van der Waals surface area contributed by atoms with Crippen LogP contribution in [-0.4, -0.2) is 61.5 Å². The van der Waals surface area contributed by atoms with E-state index in [4.69, 9.17) is 0 Å². The van der Waals surface area contributed by atoms with E-state index in [1.807, 2.05) is 11.8 Å². The zero-order valence-corrected chi connectivity index (χ0v) is 11.8. The minimum atomic E-state index is -0.311. The van der Waals surface area contributed by atoms with Gasteiger partial charge in [0.15, 0.2) is 0 Å². The molecule has 1 amide bonds. The highest BCUT2D eigenvalue weighted by molar-refractivity contribution is 5.86. The summed E-state index contributed by atoms with van der Waals surface area (Å²) in [6.45, 7) is 7.78. The molecule has 0 aromatic carbocycles. The van der Waals surface area contributed by atoms with Crippen LogP contribution >= 0.6 is 0 Å². The Bertz CT molecular complexity index is 247. The Kier molecular flexibility index (Phi) is 5.40. The molecule has 0 saturated carbocycles. The lowest BCUT2D eigenvalue weighted by Crippen LogP contribution is -2.53. The first-order valence-corrected chi connectivity index (χ1v) is 6.69. The molecule has 1 atom stereocenters. The fourth-order valence-corrected chi connectivity index (χ4v) is 2.41. The normalized spacial score (nSPS) is 24.3. The predicted molar refractivity (Wildman–Crippen MR) is 71.1 cm³/mol. The van der Waals surface area contributed by atoms with E-state index in [0.29, 0.717) is 0 Å². The van der Waals surface area contributed by atoms with Crippen LogP contribution in [0.15, 0.2) is 0 Å². The summed E-state index contributed by atoms with van der Waals surface area (Å²) in [5.41, 5.74) is -0.311. The van der Waals surface area contributed by atoms with Crippen molar-refractivity contribution in [1.82, 2.24) is 15.1 Å². The Balaban J connectivity index is 2.46. The Morgan fingerprint density at radius 1 is 1.35 bits per heavy atom. The third-order valence-corrected chi connectivity index (χ3v) is 3.54. The largest absolute Gasteiger partial charge is 0.341 e. The SMILES string of the molecule is CCN(CCCN(C)C)C(=O)C1(C)CCCN1. The molecule has 0 aromatic heterocycles. The van der Waals surface area contributed by atoms with E-state index in [1.54, 1.807) is 0 Å². The third kappa shape index (κ3) is 3.96. The van der Waals surface area contributed by atoms with Crippen LogP contribution in [0.4, 0.5) is 0 Å². The summed E-state index contributed by atoms with van der Waals surface area (Å²) in [6.07, 6.45) is 3.12. The van der Waals surface area contributed by atoms with E-state index in [2.05, 4.69) is 31.2 Å². The Hall–Kier alpha value is -0.610. The van der Waals surface area contributed by atoms with Gasteiger partial charge in [0.2, 0.25) is 5.91 Å². The van der Waals surface area contributed by atoms with E-state index >= 15 is 0 Å². The van der Waals surface area contributed by atoms with Crippen molar-refractivity contribution in [2.24, 2.45) is 0 Å². The molecule has 0 bridgehead atoms. The van der Waals surface area contributed by atoms with Gasteiger partial charge in [-0.15, -0.1) is 0 Å². The van der Waals surface area contributed by atoms with Crippen molar-refractivity contribution in [2.75, 3.05) is 40.3 Å². The smallest absolute Gasteiger partial charge is 0.242 e. The summed E-state index contributed by atoms with van der Waals surface area (Å²) in [6, 6.07) is 0. The lowest BCUT2D eigenvalue weighted by molar-refractivity contribution is -0.137. The minimum absolute atomic E-state index is 0.274. The van der Waals surface area contributed by atoms with Gasteiger partial charge in [-0.25, -0.2) is 0 Å². The van der Waals surface area contributed by atoms with Crippen LogP contribution < -0.4 is 5.32 Å². The molecular weight excluding hydrogens is 214 g/mol. The second-order valence-corrected chi connectivity index (χ2v) is 5.40. The van der Waals surface area contributed by atoms with Crippen LogP contribution in [0, 0.1) is 0 Å². The summed E-state index contributed by atoms with van der Waals surface area (Å²) >= 11 is 0. The van der Waals surface area contributed by atoms with Crippen molar-refractivity contribution in [2.45, 2.75) is 38.6 Å². The molecule has 4 heteroatoms. The fourth-order valence-electron chi connectivity index (χ4n) is 2.41. The number of amides is 1. The lowest BCUT2D eigenvalue weighted by Gasteiger charge is -2.31. The van der Waals surface area contributed by atoms with Gasteiger partial charge in [-0.3, -0.25) is 4.79 Å². The first kappa shape index (κ1) is 14.5. The summed E-state index contributed by atoms with van der Waals surface area (Å²) in [5, 5.41) is 3.35. The van der Waals surface area contributed by atoms with Crippen molar-refractivity contribution < 1.29 is 4.79 Å². The molecule has 17 heavy (non-hydrogen) atoms. The maximum atomic E-state index is 12.4. The minimum Gasteiger partial charge on any atom is -0.341 e. The molecule has 1 unspecified atom stereocenters. The summed E-state index contributed by atoms with van der Waals surface area (Å²) < 4.78 is 0. The van der Waals surface area contributed by atoms with Gasteiger partial charge in [0.1, 0.15) is 0 Å². The van der Waals surface area contributed by atoms with Crippen LogP contribution in [0.5, 0.6) is 0 Å². The molecule has 1 heterocycles. The highest BCUT2D eigenvalue weighted by atomic mass is 16.2. The van der Waals surface area contributed by atoms with E-state index in [9.17, 15) is 4.79 Å². The molecule has 100 valence electrons. The number of nitrogens with zero attached hydrogens (tertiary/aromatic N) is 2. The molecule has 4 nitrogen and oxygen atoms in total. The van der Waals surface area contributed by atoms with E-state index < -0.39 is 0 Å².